The average molecular weight is 730 g/mol. The molecule has 2 nitrogen and oxygen atoms in total. The average Bonchev–Trinajstić information content (AvgIpc) is 3.76. The van der Waals surface area contributed by atoms with Crippen LogP contribution in [-0.2, 0) is 5.41 Å². The lowest BCUT2D eigenvalue weighted by Gasteiger charge is -2.28. The van der Waals surface area contributed by atoms with E-state index in [9.17, 15) is 0 Å². The van der Waals surface area contributed by atoms with E-state index in [0.717, 1.165) is 33.6 Å². The van der Waals surface area contributed by atoms with Crippen molar-refractivity contribution < 1.29 is 4.42 Å². The zero-order chi connectivity index (χ0) is 38.1. The molecule has 0 fully saturated rings. The molecule has 11 rings (SSSR count). The molecule has 0 unspecified atom stereocenters. The number of anilines is 3. The molecular weight excluding hydrogens is 691 g/mol. The second-order valence-corrected chi connectivity index (χ2v) is 15.7. The van der Waals surface area contributed by atoms with E-state index in [4.69, 9.17) is 4.42 Å². The van der Waals surface area contributed by atoms with Crippen LogP contribution in [0, 0.1) is 0 Å². The van der Waals surface area contributed by atoms with Crippen LogP contribution < -0.4 is 4.90 Å². The van der Waals surface area contributed by atoms with Crippen molar-refractivity contribution in [1.29, 1.82) is 0 Å². The first-order valence-electron chi connectivity index (χ1n) is 19.7. The van der Waals surface area contributed by atoms with Crippen molar-refractivity contribution in [3.63, 3.8) is 0 Å². The van der Waals surface area contributed by atoms with Crippen LogP contribution in [0.2, 0.25) is 0 Å². The Hall–Kier alpha value is -7.16. The first kappa shape index (κ1) is 33.2. The summed E-state index contributed by atoms with van der Waals surface area (Å²) in [6.45, 7) is 4.69. The summed E-state index contributed by atoms with van der Waals surface area (Å²) in [5.74, 6) is 0. The fourth-order valence-corrected chi connectivity index (χ4v) is 9.10. The summed E-state index contributed by atoms with van der Waals surface area (Å²) >= 11 is 0. The Bertz CT molecular complexity index is 3120. The van der Waals surface area contributed by atoms with Crippen LogP contribution in [0.25, 0.3) is 77.2 Å². The molecule has 1 aromatic heterocycles. The van der Waals surface area contributed by atoms with E-state index >= 15 is 0 Å². The molecule has 0 bridgehead atoms. The van der Waals surface area contributed by atoms with E-state index < -0.39 is 0 Å². The summed E-state index contributed by atoms with van der Waals surface area (Å²) in [4.78, 5) is 2.39. The van der Waals surface area contributed by atoms with E-state index in [1.54, 1.807) is 0 Å². The van der Waals surface area contributed by atoms with Crippen molar-refractivity contribution in [2.24, 2.45) is 0 Å². The molecule has 1 aliphatic carbocycles. The van der Waals surface area contributed by atoms with Gasteiger partial charge in [-0.15, -0.1) is 0 Å². The van der Waals surface area contributed by atoms with Gasteiger partial charge >= 0.3 is 0 Å². The molecule has 1 heterocycles. The number of hydrogen-bond donors (Lipinski definition) is 0. The zero-order valence-corrected chi connectivity index (χ0v) is 31.9. The van der Waals surface area contributed by atoms with Gasteiger partial charge in [0.05, 0.1) is 0 Å². The van der Waals surface area contributed by atoms with Gasteiger partial charge in [0.25, 0.3) is 0 Å². The van der Waals surface area contributed by atoms with Gasteiger partial charge in [-0.25, -0.2) is 0 Å². The standard InChI is InChI=1S/C55H39NO/c1-55(2)50-15-9-8-14-47(50)48-31-30-45(35-51(48)55)56(43-26-20-38(21-27-43)36-10-4-3-5-11-36)44-28-22-39(23-29-44)37-16-18-40(19-17-37)42-25-32-52-49(34-42)54-46-13-7-6-12-41(46)24-33-53(54)57-52/h3-35H,1-2H3. The highest BCUT2D eigenvalue weighted by Gasteiger charge is 2.35. The molecule has 0 saturated carbocycles. The number of furan rings is 1. The fourth-order valence-electron chi connectivity index (χ4n) is 9.10. The normalized spacial score (nSPS) is 12.9. The minimum Gasteiger partial charge on any atom is -0.456 e. The molecule has 270 valence electrons. The predicted octanol–water partition coefficient (Wildman–Crippen LogP) is 15.5. The second-order valence-electron chi connectivity index (χ2n) is 15.7. The third kappa shape index (κ3) is 5.48. The maximum absolute atomic E-state index is 6.27. The van der Waals surface area contributed by atoms with Crippen molar-refractivity contribution in [2.75, 3.05) is 4.90 Å². The van der Waals surface area contributed by atoms with Crippen LogP contribution >= 0.6 is 0 Å². The summed E-state index contributed by atoms with van der Waals surface area (Å²) in [6.07, 6.45) is 0. The Kier molecular flexibility index (Phi) is 7.55. The quantitative estimate of drug-likeness (QED) is 0.169. The lowest BCUT2D eigenvalue weighted by Crippen LogP contribution is -2.16. The van der Waals surface area contributed by atoms with Gasteiger partial charge in [0.2, 0.25) is 0 Å². The number of benzene rings is 9. The Balaban J connectivity index is 0.939. The van der Waals surface area contributed by atoms with Gasteiger partial charge in [-0.3, -0.25) is 0 Å². The minimum absolute atomic E-state index is 0.0900. The van der Waals surface area contributed by atoms with Crippen molar-refractivity contribution in [3.05, 3.63) is 211 Å². The van der Waals surface area contributed by atoms with Crippen LogP contribution in [0.15, 0.2) is 205 Å². The smallest absolute Gasteiger partial charge is 0.136 e. The van der Waals surface area contributed by atoms with Crippen molar-refractivity contribution in [2.45, 2.75) is 19.3 Å². The molecule has 0 N–H and O–H groups in total. The molecule has 9 aromatic carbocycles. The molecule has 0 atom stereocenters. The van der Waals surface area contributed by atoms with Crippen molar-refractivity contribution >= 4 is 49.8 Å². The molecule has 1 aliphatic rings. The van der Waals surface area contributed by atoms with Gasteiger partial charge in [0.15, 0.2) is 0 Å². The topological polar surface area (TPSA) is 16.4 Å². The molecule has 57 heavy (non-hydrogen) atoms. The summed E-state index contributed by atoms with van der Waals surface area (Å²) in [5.41, 5.74) is 17.7. The highest BCUT2D eigenvalue weighted by Crippen LogP contribution is 2.50. The molecule has 0 spiro atoms. The van der Waals surface area contributed by atoms with Crippen molar-refractivity contribution in [1.82, 2.24) is 0 Å². The van der Waals surface area contributed by atoms with Gasteiger partial charge in [0.1, 0.15) is 11.2 Å². The van der Waals surface area contributed by atoms with E-state index in [2.05, 4.69) is 219 Å². The SMILES string of the molecule is CC1(C)c2ccccc2-c2ccc(N(c3ccc(-c4ccccc4)cc3)c3ccc(-c4ccc(-c5ccc6oc7ccc8ccccc8c7c6c5)cc4)cc3)cc21. The van der Waals surface area contributed by atoms with Gasteiger partial charge in [-0.05, 0) is 121 Å². The zero-order valence-electron chi connectivity index (χ0n) is 31.9. The Morgan fingerprint density at radius 3 is 1.61 bits per heavy atom. The number of nitrogens with zero attached hydrogens (tertiary/aromatic N) is 1. The molecule has 0 aliphatic heterocycles. The molecular formula is C55H39NO. The highest BCUT2D eigenvalue weighted by molar-refractivity contribution is 6.19. The first-order chi connectivity index (χ1) is 28.0. The monoisotopic (exact) mass is 729 g/mol. The van der Waals surface area contributed by atoms with Crippen LogP contribution in [-0.4, -0.2) is 0 Å². The minimum atomic E-state index is -0.0900. The van der Waals surface area contributed by atoms with Crippen LogP contribution in [0.5, 0.6) is 0 Å². The largest absolute Gasteiger partial charge is 0.456 e. The summed E-state index contributed by atoms with van der Waals surface area (Å²) in [7, 11) is 0. The van der Waals surface area contributed by atoms with E-state index in [1.165, 1.54) is 71.8 Å². The van der Waals surface area contributed by atoms with Gasteiger partial charge in [-0.1, -0.05) is 159 Å². The molecule has 0 radical (unpaired) electrons. The fraction of sp³-hybridized carbons (Fsp3) is 0.0545. The van der Waals surface area contributed by atoms with E-state index in [0.29, 0.717) is 0 Å². The summed E-state index contributed by atoms with van der Waals surface area (Å²) in [6, 6.07) is 72.6. The number of fused-ring (bicyclic) bond motifs is 8. The van der Waals surface area contributed by atoms with Gasteiger partial charge in [-0.2, -0.15) is 0 Å². The Labute approximate surface area is 332 Å². The maximum Gasteiger partial charge on any atom is 0.136 e. The number of rotatable bonds is 6. The second kappa shape index (κ2) is 13.0. The maximum atomic E-state index is 6.27. The van der Waals surface area contributed by atoms with E-state index in [-0.39, 0.29) is 5.41 Å². The first-order valence-corrected chi connectivity index (χ1v) is 19.7. The van der Waals surface area contributed by atoms with Crippen LogP contribution in [0.1, 0.15) is 25.0 Å². The lowest BCUT2D eigenvalue weighted by molar-refractivity contribution is 0.660. The number of hydrogen-bond acceptors (Lipinski definition) is 2. The molecule has 2 heteroatoms. The lowest BCUT2D eigenvalue weighted by atomic mass is 9.82. The van der Waals surface area contributed by atoms with Gasteiger partial charge < -0.3 is 9.32 Å². The van der Waals surface area contributed by atoms with Crippen LogP contribution in [0.4, 0.5) is 17.1 Å². The highest BCUT2D eigenvalue weighted by atomic mass is 16.3. The molecule has 0 amide bonds. The third-order valence-electron chi connectivity index (χ3n) is 12.1. The summed E-state index contributed by atoms with van der Waals surface area (Å²) in [5, 5.41) is 4.77. The molecule has 0 saturated heterocycles. The van der Waals surface area contributed by atoms with Gasteiger partial charge in [0, 0.05) is 33.2 Å². The predicted molar refractivity (Wildman–Crippen MR) is 240 cm³/mol. The van der Waals surface area contributed by atoms with E-state index in [1.807, 2.05) is 0 Å². The third-order valence-corrected chi connectivity index (χ3v) is 12.1. The Morgan fingerprint density at radius 2 is 0.895 bits per heavy atom. The van der Waals surface area contributed by atoms with Crippen molar-refractivity contribution in [3.8, 4) is 44.5 Å². The Morgan fingerprint density at radius 1 is 0.368 bits per heavy atom. The molecule has 10 aromatic rings. The summed E-state index contributed by atoms with van der Waals surface area (Å²) < 4.78 is 6.27. The van der Waals surface area contributed by atoms with Crippen LogP contribution in [0.3, 0.4) is 0 Å².